The predicted octanol–water partition coefficient (Wildman–Crippen LogP) is -0.785. The molecule has 3 N–H and O–H groups in total. The monoisotopic (exact) mass is 118 g/mol. The normalized spacial score (nSPS) is 14.6. The minimum absolute atomic E-state index is 0.274. The Balaban J connectivity index is 3.10. The molecule has 0 aliphatic carbocycles. The minimum atomic E-state index is -0.274. The Kier molecular flexibility index (Phi) is 3.77. The molecule has 0 radical (unpaired) electrons. The third kappa shape index (κ3) is 4.05. The van der Waals surface area contributed by atoms with Crippen LogP contribution in [0.1, 0.15) is 6.92 Å². The van der Waals surface area contributed by atoms with Crippen LogP contribution in [0.4, 0.5) is 0 Å². The summed E-state index contributed by atoms with van der Waals surface area (Å²) in [5, 5.41) is 8.76. The van der Waals surface area contributed by atoms with Crippen LogP contribution in [0.2, 0.25) is 0 Å². The summed E-state index contributed by atoms with van der Waals surface area (Å²) in [7, 11) is 1.87. The van der Waals surface area contributed by atoms with E-state index in [0.717, 1.165) is 0 Å². The van der Waals surface area contributed by atoms with Crippen LogP contribution in [-0.2, 0) is 0 Å². The van der Waals surface area contributed by atoms with Crippen molar-refractivity contribution in [1.29, 1.82) is 0 Å². The fourth-order valence-corrected chi connectivity index (χ4v) is 0.526. The van der Waals surface area contributed by atoms with Gasteiger partial charge in [0.15, 0.2) is 0 Å². The summed E-state index contributed by atoms with van der Waals surface area (Å²) < 4.78 is 0. The quantitative estimate of drug-likeness (QED) is 0.478. The lowest BCUT2D eigenvalue weighted by Gasteiger charge is -2.14. The van der Waals surface area contributed by atoms with Gasteiger partial charge in [0, 0.05) is 13.2 Å². The van der Waals surface area contributed by atoms with Gasteiger partial charge in [-0.2, -0.15) is 0 Å². The average molecular weight is 118 g/mol. The summed E-state index contributed by atoms with van der Waals surface area (Å²) in [6.45, 7) is 2.90. The van der Waals surface area contributed by atoms with Crippen molar-refractivity contribution in [3.05, 3.63) is 0 Å². The van der Waals surface area contributed by atoms with E-state index in [-0.39, 0.29) is 6.10 Å². The topological polar surface area (TPSA) is 49.5 Å². The molecule has 0 aromatic rings. The van der Waals surface area contributed by atoms with Gasteiger partial charge in [-0.1, -0.05) is 0 Å². The van der Waals surface area contributed by atoms with Gasteiger partial charge in [0.25, 0.3) is 0 Å². The molecule has 0 fully saturated rings. The van der Waals surface area contributed by atoms with Gasteiger partial charge < -0.3 is 10.8 Å². The molecule has 0 aliphatic rings. The largest absolute Gasteiger partial charge is 0.392 e. The summed E-state index contributed by atoms with van der Waals surface area (Å²) in [4.78, 5) is 1.85. The number of hydrogen-bond donors (Lipinski definition) is 2. The highest BCUT2D eigenvalue weighted by molar-refractivity contribution is 4.51. The first kappa shape index (κ1) is 7.88. The van der Waals surface area contributed by atoms with Crippen LogP contribution < -0.4 is 5.73 Å². The molecule has 0 aromatic heterocycles. The van der Waals surface area contributed by atoms with Crippen LogP contribution in [0.5, 0.6) is 0 Å². The van der Waals surface area contributed by atoms with Crippen molar-refractivity contribution in [1.82, 2.24) is 4.90 Å². The SMILES string of the molecule is CC(O)CN(C)CN. The molecule has 0 aromatic carbocycles. The maximum Gasteiger partial charge on any atom is 0.0639 e. The summed E-state index contributed by atoms with van der Waals surface area (Å²) in [6, 6.07) is 0. The molecule has 50 valence electrons. The Hall–Kier alpha value is -0.120. The molecule has 0 aliphatic heterocycles. The van der Waals surface area contributed by atoms with Crippen molar-refractivity contribution < 1.29 is 5.11 Å². The zero-order chi connectivity index (χ0) is 6.57. The average Bonchev–Trinajstić information content (AvgIpc) is 1.65. The van der Waals surface area contributed by atoms with E-state index in [1.807, 2.05) is 11.9 Å². The van der Waals surface area contributed by atoms with Gasteiger partial charge in [-0.05, 0) is 14.0 Å². The second-order valence-electron chi connectivity index (χ2n) is 2.07. The van der Waals surface area contributed by atoms with Gasteiger partial charge in [-0.3, -0.25) is 4.90 Å². The maximum atomic E-state index is 8.76. The van der Waals surface area contributed by atoms with Crippen LogP contribution in [-0.4, -0.2) is 36.4 Å². The van der Waals surface area contributed by atoms with E-state index in [9.17, 15) is 0 Å². The highest BCUT2D eigenvalue weighted by atomic mass is 16.3. The Bertz CT molecular complexity index is 56.4. The van der Waals surface area contributed by atoms with Crippen molar-refractivity contribution in [3.8, 4) is 0 Å². The number of likely N-dealkylation sites (N-methyl/N-ethyl adjacent to an activating group) is 1. The number of rotatable bonds is 3. The van der Waals surface area contributed by atoms with Gasteiger partial charge in [-0.25, -0.2) is 0 Å². The summed E-state index contributed by atoms with van der Waals surface area (Å²) in [5.41, 5.74) is 5.24. The highest BCUT2D eigenvalue weighted by Gasteiger charge is 1.97. The van der Waals surface area contributed by atoms with Crippen LogP contribution >= 0.6 is 0 Å². The van der Waals surface area contributed by atoms with Crippen molar-refractivity contribution in [3.63, 3.8) is 0 Å². The number of hydrogen-bond acceptors (Lipinski definition) is 3. The van der Waals surface area contributed by atoms with Gasteiger partial charge in [0.2, 0.25) is 0 Å². The fourth-order valence-electron chi connectivity index (χ4n) is 0.526. The van der Waals surface area contributed by atoms with Crippen molar-refractivity contribution in [2.75, 3.05) is 20.3 Å². The lowest BCUT2D eigenvalue weighted by molar-refractivity contribution is 0.143. The molecular weight excluding hydrogens is 104 g/mol. The van der Waals surface area contributed by atoms with E-state index < -0.39 is 0 Å². The van der Waals surface area contributed by atoms with Gasteiger partial charge >= 0.3 is 0 Å². The molecule has 0 rings (SSSR count). The zero-order valence-electron chi connectivity index (χ0n) is 5.46. The lowest BCUT2D eigenvalue weighted by Crippen LogP contribution is -2.31. The Morgan fingerprint density at radius 2 is 2.25 bits per heavy atom. The molecule has 0 saturated heterocycles. The number of nitrogens with zero attached hydrogens (tertiary/aromatic N) is 1. The fraction of sp³-hybridized carbons (Fsp3) is 1.00. The van der Waals surface area contributed by atoms with Crippen molar-refractivity contribution in [2.24, 2.45) is 5.73 Å². The molecule has 8 heavy (non-hydrogen) atoms. The number of aliphatic hydroxyl groups is 1. The molecule has 0 spiro atoms. The summed E-state index contributed by atoms with van der Waals surface area (Å²) >= 11 is 0. The number of nitrogens with two attached hydrogens (primary N) is 1. The third-order valence-electron chi connectivity index (χ3n) is 0.888. The van der Waals surface area contributed by atoms with Gasteiger partial charge in [0.1, 0.15) is 0 Å². The summed E-state index contributed by atoms with van der Waals surface area (Å²) in [5.74, 6) is 0. The van der Waals surface area contributed by atoms with E-state index >= 15 is 0 Å². The van der Waals surface area contributed by atoms with Gasteiger partial charge in [-0.15, -0.1) is 0 Å². The van der Waals surface area contributed by atoms with Crippen LogP contribution in [0, 0.1) is 0 Å². The van der Waals surface area contributed by atoms with E-state index in [1.165, 1.54) is 0 Å². The van der Waals surface area contributed by atoms with E-state index in [1.54, 1.807) is 6.92 Å². The first-order valence-electron chi connectivity index (χ1n) is 2.73. The molecule has 3 nitrogen and oxygen atoms in total. The number of aliphatic hydroxyl groups excluding tert-OH is 1. The highest BCUT2D eigenvalue weighted by Crippen LogP contribution is 1.82. The first-order valence-corrected chi connectivity index (χ1v) is 2.73. The van der Waals surface area contributed by atoms with Crippen LogP contribution in [0.25, 0.3) is 0 Å². The molecule has 0 heterocycles. The van der Waals surface area contributed by atoms with Crippen LogP contribution in [0.3, 0.4) is 0 Å². The first-order chi connectivity index (χ1) is 3.66. The second-order valence-corrected chi connectivity index (χ2v) is 2.07. The van der Waals surface area contributed by atoms with Crippen LogP contribution in [0.15, 0.2) is 0 Å². The predicted molar refractivity (Wildman–Crippen MR) is 33.4 cm³/mol. The van der Waals surface area contributed by atoms with Crippen molar-refractivity contribution >= 4 is 0 Å². The van der Waals surface area contributed by atoms with Crippen molar-refractivity contribution in [2.45, 2.75) is 13.0 Å². The third-order valence-corrected chi connectivity index (χ3v) is 0.888. The van der Waals surface area contributed by atoms with E-state index in [0.29, 0.717) is 13.2 Å². The lowest BCUT2D eigenvalue weighted by atomic mass is 10.4. The second kappa shape index (κ2) is 3.83. The Labute approximate surface area is 50.1 Å². The standard InChI is InChI=1S/C5H14N2O/c1-5(8)3-7(2)4-6/h5,8H,3-4,6H2,1-2H3. The molecule has 0 bridgehead atoms. The van der Waals surface area contributed by atoms with E-state index in [2.05, 4.69) is 0 Å². The molecule has 0 saturated carbocycles. The summed E-state index contributed by atoms with van der Waals surface area (Å²) in [6.07, 6.45) is -0.274. The Morgan fingerprint density at radius 1 is 1.75 bits per heavy atom. The Morgan fingerprint density at radius 3 is 2.38 bits per heavy atom. The van der Waals surface area contributed by atoms with Gasteiger partial charge in [0.05, 0.1) is 6.10 Å². The molecule has 1 atom stereocenters. The molecule has 3 heteroatoms. The molecule has 0 amide bonds. The molecule has 1 unspecified atom stereocenters. The molecular formula is C5H14N2O. The van der Waals surface area contributed by atoms with E-state index in [4.69, 9.17) is 10.8 Å². The minimum Gasteiger partial charge on any atom is -0.392 e. The zero-order valence-corrected chi connectivity index (χ0v) is 5.46. The maximum absolute atomic E-state index is 8.76. The smallest absolute Gasteiger partial charge is 0.0639 e.